The topological polar surface area (TPSA) is 26.5 Å². The van der Waals surface area contributed by atoms with E-state index in [2.05, 4.69) is 33.4 Å². The minimum absolute atomic E-state index is 0.839. The van der Waals surface area contributed by atoms with Gasteiger partial charge in [-0.3, -0.25) is 0 Å². The fraction of sp³-hybridized carbons (Fsp3) is 0.500. The molecule has 0 atom stereocenters. The minimum Gasteiger partial charge on any atom is -0.154 e. The minimum atomic E-state index is 0.839. The maximum atomic E-state index is 3.91. The van der Waals surface area contributed by atoms with Crippen LogP contribution in [0.3, 0.4) is 0 Å². The van der Waals surface area contributed by atoms with E-state index in [-0.39, 0.29) is 0 Å². The van der Waals surface area contributed by atoms with E-state index in [1.807, 2.05) is 6.08 Å². The highest BCUT2D eigenvalue weighted by Gasteiger charge is 2.04. The van der Waals surface area contributed by atoms with E-state index in [1.54, 1.807) is 0 Å². The van der Waals surface area contributed by atoms with Gasteiger partial charge < -0.3 is 0 Å². The zero-order chi connectivity index (χ0) is 6.69. The summed E-state index contributed by atoms with van der Waals surface area (Å²) in [5, 5.41) is 3.91. The van der Waals surface area contributed by atoms with E-state index in [1.165, 1.54) is 0 Å². The Balaban J connectivity index is 2.43. The number of allylic oxidation sites excluding steroid dienone is 1. The van der Waals surface area contributed by atoms with Gasteiger partial charge in [-0.15, -0.1) is 5.43 Å². The standard InChI is InChI=1S/C6H8BrN2/c1-2-3-5-4-6(7)9-8-5/h4H,2-3H2,1H3. The van der Waals surface area contributed by atoms with Crippen LogP contribution >= 0.6 is 15.9 Å². The summed E-state index contributed by atoms with van der Waals surface area (Å²) in [6.45, 7) is 2.13. The van der Waals surface area contributed by atoms with Crippen LogP contribution in [-0.2, 0) is 0 Å². The lowest BCUT2D eigenvalue weighted by Crippen LogP contribution is -1.88. The fourth-order valence-corrected chi connectivity index (χ4v) is 1.03. The lowest BCUT2D eigenvalue weighted by Gasteiger charge is -1.86. The van der Waals surface area contributed by atoms with Crippen LogP contribution in [0, 0.1) is 0 Å². The summed E-state index contributed by atoms with van der Waals surface area (Å²) in [7, 11) is 0. The number of nitrogens with zero attached hydrogens (tertiary/aromatic N) is 2. The van der Waals surface area contributed by atoms with Crippen LogP contribution in [0.25, 0.3) is 0 Å². The van der Waals surface area contributed by atoms with Crippen LogP contribution in [0.5, 0.6) is 0 Å². The van der Waals surface area contributed by atoms with E-state index in [4.69, 9.17) is 0 Å². The highest BCUT2D eigenvalue weighted by Crippen LogP contribution is 2.10. The summed E-state index contributed by atoms with van der Waals surface area (Å²) in [5.74, 6) is 0. The van der Waals surface area contributed by atoms with Crippen molar-refractivity contribution in [1.29, 1.82) is 0 Å². The smallest absolute Gasteiger partial charge is 0.130 e. The van der Waals surface area contributed by atoms with Crippen molar-refractivity contribution in [2.24, 2.45) is 5.10 Å². The van der Waals surface area contributed by atoms with Gasteiger partial charge in [0.2, 0.25) is 0 Å². The Morgan fingerprint density at radius 1 is 1.67 bits per heavy atom. The Labute approximate surface area is 63.2 Å². The summed E-state index contributed by atoms with van der Waals surface area (Å²) in [6, 6.07) is 0. The molecule has 0 bridgehead atoms. The van der Waals surface area contributed by atoms with Crippen LogP contribution in [-0.4, -0.2) is 5.71 Å². The van der Waals surface area contributed by atoms with Crippen LogP contribution in [0.1, 0.15) is 19.8 Å². The molecule has 1 aliphatic heterocycles. The molecule has 0 amide bonds. The van der Waals surface area contributed by atoms with Crippen molar-refractivity contribution in [2.75, 3.05) is 0 Å². The third-order valence-electron chi connectivity index (χ3n) is 1.07. The number of hydrogen-bond acceptors (Lipinski definition) is 1. The molecule has 0 aromatic rings. The molecule has 0 aliphatic carbocycles. The number of hydrogen-bond donors (Lipinski definition) is 0. The summed E-state index contributed by atoms with van der Waals surface area (Å²) < 4.78 is 0.839. The predicted octanol–water partition coefficient (Wildman–Crippen LogP) is 2.00. The zero-order valence-electron chi connectivity index (χ0n) is 5.26. The van der Waals surface area contributed by atoms with Gasteiger partial charge in [-0.05, 0) is 28.4 Å². The Kier molecular flexibility index (Phi) is 2.28. The first kappa shape index (κ1) is 6.81. The lowest BCUT2D eigenvalue weighted by molar-refractivity contribution is 0.932. The van der Waals surface area contributed by atoms with E-state index in [0.29, 0.717) is 0 Å². The third-order valence-corrected chi connectivity index (χ3v) is 1.45. The molecule has 1 heterocycles. The van der Waals surface area contributed by atoms with Crippen molar-refractivity contribution < 1.29 is 0 Å². The highest BCUT2D eigenvalue weighted by atomic mass is 79.9. The Morgan fingerprint density at radius 2 is 2.44 bits per heavy atom. The molecule has 3 heteroatoms. The molecule has 0 saturated heterocycles. The maximum Gasteiger partial charge on any atom is 0.130 e. The third kappa shape index (κ3) is 1.82. The van der Waals surface area contributed by atoms with Gasteiger partial charge in [0.05, 0.1) is 5.71 Å². The van der Waals surface area contributed by atoms with Crippen LogP contribution < -0.4 is 5.43 Å². The van der Waals surface area contributed by atoms with Crippen molar-refractivity contribution >= 4 is 21.6 Å². The molecule has 0 aromatic carbocycles. The van der Waals surface area contributed by atoms with Gasteiger partial charge in [0, 0.05) is 0 Å². The average molecular weight is 188 g/mol. The van der Waals surface area contributed by atoms with E-state index in [0.717, 1.165) is 23.2 Å². The molecule has 49 valence electrons. The first-order valence-corrected chi connectivity index (χ1v) is 3.77. The Bertz CT molecular complexity index is 160. The van der Waals surface area contributed by atoms with Crippen molar-refractivity contribution in [3.05, 3.63) is 10.7 Å². The Hall–Kier alpha value is -0.310. The molecule has 9 heavy (non-hydrogen) atoms. The SMILES string of the molecule is CCCC1=N[N]C(Br)=C1. The van der Waals surface area contributed by atoms with Crippen molar-refractivity contribution in [2.45, 2.75) is 19.8 Å². The van der Waals surface area contributed by atoms with Crippen molar-refractivity contribution in [1.82, 2.24) is 5.43 Å². The zero-order valence-corrected chi connectivity index (χ0v) is 6.85. The largest absolute Gasteiger partial charge is 0.154 e. The normalized spacial score (nSPS) is 16.7. The second-order valence-corrected chi connectivity index (χ2v) is 2.72. The Morgan fingerprint density at radius 3 is 2.89 bits per heavy atom. The second kappa shape index (κ2) is 3.01. The first-order valence-electron chi connectivity index (χ1n) is 2.97. The van der Waals surface area contributed by atoms with Crippen LogP contribution in [0.2, 0.25) is 0 Å². The quantitative estimate of drug-likeness (QED) is 0.592. The predicted molar refractivity (Wildman–Crippen MR) is 41.5 cm³/mol. The number of halogens is 1. The molecule has 1 rings (SSSR count). The molecule has 2 nitrogen and oxygen atoms in total. The number of rotatable bonds is 2. The van der Waals surface area contributed by atoms with Gasteiger partial charge in [0.15, 0.2) is 0 Å². The maximum absolute atomic E-state index is 3.91. The summed E-state index contributed by atoms with van der Waals surface area (Å²) in [4.78, 5) is 0. The monoisotopic (exact) mass is 187 g/mol. The summed E-state index contributed by atoms with van der Waals surface area (Å²) in [5.41, 5.74) is 4.88. The van der Waals surface area contributed by atoms with Gasteiger partial charge in [0.1, 0.15) is 4.61 Å². The van der Waals surface area contributed by atoms with E-state index < -0.39 is 0 Å². The van der Waals surface area contributed by atoms with Gasteiger partial charge >= 0.3 is 0 Å². The fourth-order valence-electron chi connectivity index (χ4n) is 0.686. The lowest BCUT2D eigenvalue weighted by atomic mass is 10.2. The molecule has 0 fully saturated rings. The first-order chi connectivity index (χ1) is 4.33. The molecule has 1 aliphatic rings. The van der Waals surface area contributed by atoms with E-state index in [9.17, 15) is 0 Å². The molecular weight excluding hydrogens is 180 g/mol. The summed E-state index contributed by atoms with van der Waals surface area (Å²) >= 11 is 3.23. The van der Waals surface area contributed by atoms with Gasteiger partial charge in [0.25, 0.3) is 0 Å². The molecule has 1 radical (unpaired) electrons. The van der Waals surface area contributed by atoms with Crippen LogP contribution in [0.4, 0.5) is 0 Å². The van der Waals surface area contributed by atoms with Crippen molar-refractivity contribution in [3.8, 4) is 0 Å². The summed E-state index contributed by atoms with van der Waals surface area (Å²) in [6.07, 6.45) is 4.10. The second-order valence-electron chi connectivity index (χ2n) is 1.91. The molecule has 0 spiro atoms. The molecular formula is C6H8BrN2. The molecule has 0 saturated carbocycles. The highest BCUT2D eigenvalue weighted by molar-refractivity contribution is 9.11. The van der Waals surface area contributed by atoms with E-state index >= 15 is 0 Å². The average Bonchev–Trinajstić information content (AvgIpc) is 2.17. The van der Waals surface area contributed by atoms with Gasteiger partial charge in [-0.25, -0.2) is 0 Å². The molecule has 0 aromatic heterocycles. The van der Waals surface area contributed by atoms with Crippen molar-refractivity contribution in [3.63, 3.8) is 0 Å². The van der Waals surface area contributed by atoms with Crippen LogP contribution in [0.15, 0.2) is 15.8 Å². The van der Waals surface area contributed by atoms with Gasteiger partial charge in [-0.1, -0.05) is 13.3 Å². The van der Waals surface area contributed by atoms with Gasteiger partial charge in [-0.2, -0.15) is 5.10 Å². The molecule has 0 N–H and O–H groups in total. The molecule has 0 unspecified atom stereocenters.